The van der Waals surface area contributed by atoms with E-state index in [9.17, 15) is 9.59 Å². The third-order valence-corrected chi connectivity index (χ3v) is 0.891. The number of hydrogen-bond donors (Lipinski definition) is 1. The molecule has 4 heteroatoms. The second-order valence-corrected chi connectivity index (χ2v) is 1.92. The Morgan fingerprint density at radius 2 is 1.70 bits per heavy atom. The fraction of sp³-hybridized carbons (Fsp3) is 0.500. The Labute approximate surface area is 59.3 Å². The molecule has 0 rings (SSSR count). The number of ketones is 1. The number of hydrogen-bond acceptors (Lipinski definition) is 3. The lowest BCUT2D eigenvalue weighted by molar-refractivity contribution is -0.118. The molecule has 0 aliphatic carbocycles. The van der Waals surface area contributed by atoms with Crippen LogP contribution < -0.4 is 5.43 Å². The zero-order chi connectivity index (χ0) is 8.15. The number of amides is 1. The van der Waals surface area contributed by atoms with Crippen molar-refractivity contribution in [3.8, 4) is 0 Å². The molecule has 0 radical (unpaired) electrons. The fourth-order valence-corrected chi connectivity index (χ4v) is 0.241. The average molecular weight is 142 g/mol. The Kier molecular flexibility index (Phi) is 3.32. The van der Waals surface area contributed by atoms with Gasteiger partial charge in [0.2, 0.25) is 5.91 Å². The van der Waals surface area contributed by atoms with Crippen molar-refractivity contribution in [2.45, 2.75) is 20.8 Å². The monoisotopic (exact) mass is 142 g/mol. The number of carbonyl (C=O) groups excluding carboxylic acids is 2. The van der Waals surface area contributed by atoms with Crippen LogP contribution in [0.4, 0.5) is 0 Å². The van der Waals surface area contributed by atoms with Gasteiger partial charge in [0, 0.05) is 13.8 Å². The molecule has 0 aromatic carbocycles. The van der Waals surface area contributed by atoms with Crippen molar-refractivity contribution < 1.29 is 9.59 Å². The maximum atomic E-state index is 10.5. The summed E-state index contributed by atoms with van der Waals surface area (Å²) in [6.07, 6.45) is 0. The van der Waals surface area contributed by atoms with Crippen molar-refractivity contribution in [1.82, 2.24) is 5.43 Å². The minimum absolute atomic E-state index is 0.145. The van der Waals surface area contributed by atoms with Crippen molar-refractivity contribution >= 4 is 17.4 Å². The Balaban J connectivity index is 3.92. The molecule has 0 spiro atoms. The lowest BCUT2D eigenvalue weighted by Gasteiger charge is -1.93. The van der Waals surface area contributed by atoms with E-state index in [0.29, 0.717) is 5.71 Å². The topological polar surface area (TPSA) is 58.5 Å². The number of rotatable bonds is 2. The quantitative estimate of drug-likeness (QED) is 0.438. The molecule has 0 saturated carbocycles. The lowest BCUT2D eigenvalue weighted by Crippen LogP contribution is -2.17. The molecule has 1 N–H and O–H groups in total. The Morgan fingerprint density at radius 3 is 2.00 bits per heavy atom. The van der Waals surface area contributed by atoms with Gasteiger partial charge >= 0.3 is 0 Å². The number of Topliss-reactive ketones (excluding diaryl/α,β-unsaturated/α-hetero) is 1. The molecular formula is C6H10N2O2. The molecule has 0 aliphatic heterocycles. The lowest BCUT2D eigenvalue weighted by atomic mass is 10.3. The van der Waals surface area contributed by atoms with Gasteiger partial charge in [-0.3, -0.25) is 9.59 Å². The molecule has 0 aliphatic rings. The van der Waals surface area contributed by atoms with Crippen LogP contribution in [0.3, 0.4) is 0 Å². The minimum Gasteiger partial charge on any atom is -0.293 e. The molecule has 4 nitrogen and oxygen atoms in total. The highest BCUT2D eigenvalue weighted by Gasteiger charge is 1.96. The largest absolute Gasteiger partial charge is 0.293 e. The van der Waals surface area contributed by atoms with Crippen molar-refractivity contribution in [3.63, 3.8) is 0 Å². The molecule has 0 bridgehead atoms. The van der Waals surface area contributed by atoms with Gasteiger partial charge in [-0.1, -0.05) is 0 Å². The van der Waals surface area contributed by atoms with E-state index in [0.717, 1.165) is 0 Å². The molecule has 0 unspecified atom stereocenters. The van der Waals surface area contributed by atoms with Crippen LogP contribution in [0.2, 0.25) is 0 Å². The standard InChI is InChI=1S/C6H10N2O2/c1-4(5(2)9)7-8-6(3)10/h1-3H3,(H,8,10)/b7-4-. The summed E-state index contributed by atoms with van der Waals surface area (Å²) >= 11 is 0. The molecule has 0 aromatic heterocycles. The van der Waals surface area contributed by atoms with Crippen LogP contribution in [0.5, 0.6) is 0 Å². The Bertz CT molecular complexity index is 184. The first-order valence-electron chi connectivity index (χ1n) is 2.86. The maximum absolute atomic E-state index is 10.5. The van der Waals surface area contributed by atoms with Crippen LogP contribution in [0.15, 0.2) is 5.10 Å². The Hall–Kier alpha value is -1.19. The van der Waals surface area contributed by atoms with Crippen LogP contribution in [-0.2, 0) is 9.59 Å². The molecule has 1 amide bonds. The summed E-state index contributed by atoms with van der Waals surface area (Å²) in [5, 5.41) is 3.49. The smallest absolute Gasteiger partial charge is 0.236 e. The summed E-state index contributed by atoms with van der Waals surface area (Å²) in [6.45, 7) is 4.26. The van der Waals surface area contributed by atoms with E-state index in [2.05, 4.69) is 10.5 Å². The minimum atomic E-state index is -0.277. The van der Waals surface area contributed by atoms with Gasteiger partial charge in [0.1, 0.15) is 5.71 Å². The molecular weight excluding hydrogens is 132 g/mol. The molecule has 0 heterocycles. The van der Waals surface area contributed by atoms with Crippen LogP contribution in [0.1, 0.15) is 20.8 Å². The maximum Gasteiger partial charge on any atom is 0.236 e. The summed E-state index contributed by atoms with van der Waals surface area (Å²) in [7, 11) is 0. The number of hydrazone groups is 1. The zero-order valence-corrected chi connectivity index (χ0v) is 6.26. The van der Waals surface area contributed by atoms with E-state index < -0.39 is 0 Å². The van der Waals surface area contributed by atoms with Crippen molar-refractivity contribution in [1.29, 1.82) is 0 Å². The normalized spacial score (nSPS) is 10.9. The molecule has 10 heavy (non-hydrogen) atoms. The van der Waals surface area contributed by atoms with E-state index in [1.807, 2.05) is 0 Å². The first kappa shape index (κ1) is 8.81. The molecule has 56 valence electrons. The fourth-order valence-electron chi connectivity index (χ4n) is 0.241. The summed E-state index contributed by atoms with van der Waals surface area (Å²) < 4.78 is 0. The van der Waals surface area contributed by atoms with Gasteiger partial charge in [-0.05, 0) is 6.92 Å². The van der Waals surface area contributed by atoms with Gasteiger partial charge in [-0.2, -0.15) is 5.10 Å². The highest BCUT2D eigenvalue weighted by Crippen LogP contribution is 1.76. The van der Waals surface area contributed by atoms with Crippen LogP contribution in [-0.4, -0.2) is 17.4 Å². The molecule has 0 atom stereocenters. The van der Waals surface area contributed by atoms with Crippen LogP contribution in [0, 0.1) is 0 Å². The molecule has 0 fully saturated rings. The molecule has 0 saturated heterocycles. The van der Waals surface area contributed by atoms with Gasteiger partial charge in [0.05, 0.1) is 0 Å². The first-order chi connectivity index (χ1) is 4.54. The second-order valence-electron chi connectivity index (χ2n) is 1.92. The summed E-state index contributed by atoms with van der Waals surface area (Å²) in [5.74, 6) is -0.422. The molecule has 0 aromatic rings. The summed E-state index contributed by atoms with van der Waals surface area (Å²) in [6, 6.07) is 0. The van der Waals surface area contributed by atoms with Crippen molar-refractivity contribution in [2.24, 2.45) is 5.10 Å². The predicted octanol–water partition coefficient (Wildman–Crippen LogP) is 0.0874. The van der Waals surface area contributed by atoms with Gasteiger partial charge in [-0.25, -0.2) is 5.43 Å². The first-order valence-corrected chi connectivity index (χ1v) is 2.86. The van der Waals surface area contributed by atoms with Gasteiger partial charge in [0.15, 0.2) is 5.78 Å². The van der Waals surface area contributed by atoms with E-state index in [1.165, 1.54) is 20.8 Å². The second kappa shape index (κ2) is 3.76. The van der Waals surface area contributed by atoms with E-state index in [1.54, 1.807) is 0 Å². The number of nitrogens with one attached hydrogen (secondary N) is 1. The summed E-state index contributed by atoms with van der Waals surface area (Å²) in [5.41, 5.74) is 2.46. The predicted molar refractivity (Wildman–Crippen MR) is 37.6 cm³/mol. The van der Waals surface area contributed by atoms with Gasteiger partial charge < -0.3 is 0 Å². The van der Waals surface area contributed by atoms with E-state index in [4.69, 9.17) is 0 Å². The third kappa shape index (κ3) is 3.77. The van der Waals surface area contributed by atoms with E-state index >= 15 is 0 Å². The Morgan fingerprint density at radius 1 is 1.20 bits per heavy atom. The van der Waals surface area contributed by atoms with Crippen LogP contribution >= 0.6 is 0 Å². The van der Waals surface area contributed by atoms with Crippen LogP contribution in [0.25, 0.3) is 0 Å². The third-order valence-electron chi connectivity index (χ3n) is 0.891. The number of carbonyl (C=O) groups is 2. The van der Waals surface area contributed by atoms with Gasteiger partial charge in [-0.15, -0.1) is 0 Å². The highest BCUT2D eigenvalue weighted by molar-refractivity contribution is 6.38. The van der Waals surface area contributed by atoms with E-state index in [-0.39, 0.29) is 11.7 Å². The highest BCUT2D eigenvalue weighted by atomic mass is 16.2. The zero-order valence-electron chi connectivity index (χ0n) is 6.26. The van der Waals surface area contributed by atoms with Gasteiger partial charge in [0.25, 0.3) is 0 Å². The number of nitrogens with zero attached hydrogens (tertiary/aromatic N) is 1. The SMILES string of the molecule is CC(=O)N/N=C(/C)C(C)=O. The van der Waals surface area contributed by atoms with Crippen molar-refractivity contribution in [3.05, 3.63) is 0 Å². The average Bonchev–Trinajstić information content (AvgIpc) is 1.82. The summed E-state index contributed by atoms with van der Waals surface area (Å²) in [4.78, 5) is 20.7. The van der Waals surface area contributed by atoms with Crippen molar-refractivity contribution in [2.75, 3.05) is 0 Å².